The largest absolute Gasteiger partial charge is 0.465 e. The van der Waals surface area contributed by atoms with Crippen molar-refractivity contribution in [2.75, 3.05) is 13.2 Å². The minimum absolute atomic E-state index is 0.178. The lowest BCUT2D eigenvalue weighted by atomic mass is 10.1. The van der Waals surface area contributed by atoms with Crippen molar-refractivity contribution in [2.45, 2.75) is 59.3 Å². The Morgan fingerprint density at radius 3 is 2.36 bits per heavy atom. The van der Waals surface area contributed by atoms with Crippen LogP contribution in [0.25, 0.3) is 0 Å². The van der Waals surface area contributed by atoms with Gasteiger partial charge in [0.25, 0.3) is 0 Å². The molecule has 0 aromatic heterocycles. The Morgan fingerprint density at radius 1 is 1.00 bits per heavy atom. The van der Waals surface area contributed by atoms with Crippen LogP contribution in [0.3, 0.4) is 0 Å². The lowest BCUT2D eigenvalue weighted by Crippen LogP contribution is -2.25. The molecule has 6 nitrogen and oxygen atoms in total. The topological polar surface area (TPSA) is 82.0 Å². The number of rotatable bonds is 13. The van der Waals surface area contributed by atoms with Crippen molar-refractivity contribution in [3.05, 3.63) is 29.8 Å². The summed E-state index contributed by atoms with van der Waals surface area (Å²) in [6.07, 6.45) is 7.88. The molecule has 0 bridgehead atoms. The predicted octanol–water partition coefficient (Wildman–Crippen LogP) is 4.67. The maximum atomic E-state index is 12.4. The first-order valence-electron chi connectivity index (χ1n) is 9.98. The highest BCUT2D eigenvalue weighted by atomic mass is 16.5. The van der Waals surface area contributed by atoms with E-state index >= 15 is 0 Å². The molecule has 0 fully saturated rings. The van der Waals surface area contributed by atoms with Crippen molar-refractivity contribution < 1.29 is 23.9 Å². The average Bonchev–Trinajstić information content (AvgIpc) is 2.67. The number of nitrogens with zero attached hydrogens (tertiary/aromatic N) is 1. The van der Waals surface area contributed by atoms with E-state index < -0.39 is 17.9 Å². The van der Waals surface area contributed by atoms with Gasteiger partial charge in [0, 0.05) is 6.21 Å². The summed E-state index contributed by atoms with van der Waals surface area (Å²) in [7, 11) is 0. The van der Waals surface area contributed by atoms with E-state index in [1.807, 2.05) is 0 Å². The van der Waals surface area contributed by atoms with Gasteiger partial charge in [0.2, 0.25) is 0 Å². The molecular formula is C22H31NO5. The lowest BCUT2D eigenvalue weighted by Gasteiger charge is -2.09. The van der Waals surface area contributed by atoms with Crippen LogP contribution in [0.2, 0.25) is 0 Å². The number of para-hydroxylation sites is 1. The van der Waals surface area contributed by atoms with Crippen molar-refractivity contribution in [3.8, 4) is 0 Å². The number of esters is 2. The van der Waals surface area contributed by atoms with Gasteiger partial charge in [-0.05, 0) is 32.4 Å². The van der Waals surface area contributed by atoms with Gasteiger partial charge < -0.3 is 9.47 Å². The third-order valence-corrected chi connectivity index (χ3v) is 4.20. The normalized spacial score (nSPS) is 12.0. The molecule has 0 aliphatic rings. The number of carbonyl (C=O) groups is 3. The second-order valence-corrected chi connectivity index (χ2v) is 6.54. The fourth-order valence-corrected chi connectivity index (χ4v) is 2.60. The zero-order valence-corrected chi connectivity index (χ0v) is 17.1. The number of unbranched alkanes of at least 4 members (excludes halogenated alkanes) is 5. The van der Waals surface area contributed by atoms with E-state index in [-0.39, 0.29) is 12.4 Å². The van der Waals surface area contributed by atoms with Crippen LogP contribution in [0.4, 0.5) is 5.69 Å². The maximum absolute atomic E-state index is 12.4. The first kappa shape index (κ1) is 23.5. The molecule has 0 aliphatic carbocycles. The molecule has 0 saturated carbocycles. The number of Topliss-reactive ketones (excluding diaryl/α,β-unsaturated/α-hetero) is 1. The van der Waals surface area contributed by atoms with Gasteiger partial charge in [0.1, 0.15) is 5.78 Å². The average molecular weight is 389 g/mol. The molecule has 1 aromatic carbocycles. The number of benzene rings is 1. The summed E-state index contributed by atoms with van der Waals surface area (Å²) in [6.45, 7) is 5.68. The van der Waals surface area contributed by atoms with Crippen LogP contribution in [0.15, 0.2) is 29.3 Å². The summed E-state index contributed by atoms with van der Waals surface area (Å²) in [4.78, 5) is 40.1. The van der Waals surface area contributed by atoms with Crippen molar-refractivity contribution in [1.29, 1.82) is 0 Å². The number of carbonyl (C=O) groups excluding carboxylic acids is 3. The lowest BCUT2D eigenvalue weighted by molar-refractivity contribution is -0.148. The molecule has 0 radical (unpaired) electrons. The molecule has 0 N–H and O–H groups in total. The minimum Gasteiger partial charge on any atom is -0.465 e. The third kappa shape index (κ3) is 8.46. The van der Waals surface area contributed by atoms with E-state index in [0.717, 1.165) is 19.3 Å². The Kier molecular flexibility index (Phi) is 11.5. The van der Waals surface area contributed by atoms with E-state index in [1.165, 1.54) is 32.4 Å². The Bertz CT molecular complexity index is 669. The smallest absolute Gasteiger partial charge is 0.340 e. The van der Waals surface area contributed by atoms with Crippen LogP contribution in [-0.4, -0.2) is 37.2 Å². The quantitative estimate of drug-likeness (QED) is 0.212. The van der Waals surface area contributed by atoms with Gasteiger partial charge in [0.15, 0.2) is 5.92 Å². The van der Waals surface area contributed by atoms with Gasteiger partial charge in [-0.2, -0.15) is 0 Å². The molecule has 1 aromatic rings. The standard InChI is InChI=1S/C22H31NO5/c1-4-6-7-8-9-12-15-28-21(25)18-13-10-11-14-20(18)23-16-19(17(3)24)22(26)27-5-2/h10-11,13-14,16,19H,4-9,12,15H2,1-3H3. The van der Waals surface area contributed by atoms with Crippen molar-refractivity contribution in [1.82, 2.24) is 0 Å². The summed E-state index contributed by atoms with van der Waals surface area (Å²) in [5.41, 5.74) is 0.655. The van der Waals surface area contributed by atoms with E-state index in [0.29, 0.717) is 17.9 Å². The van der Waals surface area contributed by atoms with Crippen LogP contribution in [0.1, 0.15) is 69.7 Å². The van der Waals surface area contributed by atoms with Crippen molar-refractivity contribution in [3.63, 3.8) is 0 Å². The molecule has 0 aliphatic heterocycles. The van der Waals surface area contributed by atoms with Crippen molar-refractivity contribution >= 4 is 29.6 Å². The molecule has 28 heavy (non-hydrogen) atoms. The van der Waals surface area contributed by atoms with Gasteiger partial charge in [-0.3, -0.25) is 14.6 Å². The zero-order chi connectivity index (χ0) is 20.8. The van der Waals surface area contributed by atoms with Crippen LogP contribution in [-0.2, 0) is 19.1 Å². The molecule has 0 heterocycles. The van der Waals surface area contributed by atoms with Crippen LogP contribution in [0.5, 0.6) is 0 Å². The van der Waals surface area contributed by atoms with Gasteiger partial charge in [-0.25, -0.2) is 4.79 Å². The number of hydrogen-bond acceptors (Lipinski definition) is 6. The number of hydrogen-bond donors (Lipinski definition) is 0. The fraction of sp³-hybridized carbons (Fsp3) is 0.545. The molecule has 1 unspecified atom stereocenters. The van der Waals surface area contributed by atoms with E-state index in [4.69, 9.17) is 9.47 Å². The zero-order valence-electron chi connectivity index (χ0n) is 17.1. The maximum Gasteiger partial charge on any atom is 0.340 e. The Morgan fingerprint density at radius 2 is 1.68 bits per heavy atom. The van der Waals surface area contributed by atoms with Crippen LogP contribution >= 0.6 is 0 Å². The molecule has 1 atom stereocenters. The summed E-state index contributed by atoms with van der Waals surface area (Å²) < 4.78 is 10.2. The molecule has 6 heteroatoms. The fourth-order valence-electron chi connectivity index (χ4n) is 2.60. The Labute approximate surface area is 167 Å². The van der Waals surface area contributed by atoms with E-state index in [2.05, 4.69) is 11.9 Å². The SMILES string of the molecule is CCCCCCCCOC(=O)c1ccccc1N=CC(C(C)=O)C(=O)OCC. The highest BCUT2D eigenvalue weighted by Gasteiger charge is 2.23. The van der Waals surface area contributed by atoms with Gasteiger partial charge in [-0.1, -0.05) is 51.2 Å². The van der Waals surface area contributed by atoms with Crippen molar-refractivity contribution in [2.24, 2.45) is 10.9 Å². The van der Waals surface area contributed by atoms with E-state index in [1.54, 1.807) is 31.2 Å². The molecule has 0 saturated heterocycles. The molecule has 1 rings (SSSR count). The predicted molar refractivity (Wildman–Crippen MR) is 109 cm³/mol. The summed E-state index contributed by atoms with van der Waals surface area (Å²) in [6, 6.07) is 6.70. The molecule has 154 valence electrons. The summed E-state index contributed by atoms with van der Waals surface area (Å²) >= 11 is 0. The first-order chi connectivity index (χ1) is 13.5. The third-order valence-electron chi connectivity index (χ3n) is 4.20. The minimum atomic E-state index is -1.09. The molecule has 0 spiro atoms. The summed E-state index contributed by atoms with van der Waals surface area (Å²) in [5, 5.41) is 0. The number of aliphatic imine (C=N–C) groups is 1. The first-order valence-corrected chi connectivity index (χ1v) is 9.98. The second-order valence-electron chi connectivity index (χ2n) is 6.54. The Balaban J connectivity index is 2.69. The van der Waals surface area contributed by atoms with Gasteiger partial charge >= 0.3 is 11.9 Å². The van der Waals surface area contributed by atoms with Gasteiger partial charge in [-0.15, -0.1) is 0 Å². The monoisotopic (exact) mass is 389 g/mol. The summed E-state index contributed by atoms with van der Waals surface area (Å²) in [5.74, 6) is -2.57. The van der Waals surface area contributed by atoms with E-state index in [9.17, 15) is 14.4 Å². The highest BCUT2D eigenvalue weighted by Crippen LogP contribution is 2.20. The highest BCUT2D eigenvalue weighted by molar-refractivity contribution is 6.11. The number of ether oxygens (including phenoxy) is 2. The van der Waals surface area contributed by atoms with Crippen LogP contribution < -0.4 is 0 Å². The molecular weight excluding hydrogens is 358 g/mol. The Hall–Kier alpha value is -2.50. The van der Waals surface area contributed by atoms with Crippen LogP contribution in [0, 0.1) is 5.92 Å². The molecule has 0 amide bonds. The van der Waals surface area contributed by atoms with Gasteiger partial charge in [0.05, 0.1) is 24.5 Å². The number of ketones is 1. The second kappa shape index (κ2) is 13.6.